The molecule has 1 saturated carbocycles. The highest BCUT2D eigenvalue weighted by Crippen LogP contribution is 2.42. The molecule has 0 aliphatic heterocycles. The number of allylic oxidation sites excluding steroid dienone is 1. The zero-order valence-corrected chi connectivity index (χ0v) is 13.6. The van der Waals surface area contributed by atoms with Crippen molar-refractivity contribution in [3.63, 3.8) is 0 Å². The van der Waals surface area contributed by atoms with Gasteiger partial charge in [-0.3, -0.25) is 0 Å². The number of hydrogen-bond donors (Lipinski definition) is 0. The van der Waals surface area contributed by atoms with Crippen molar-refractivity contribution in [2.75, 3.05) is 0 Å². The molecule has 1 fully saturated rings. The maximum absolute atomic E-state index is 6.28. The summed E-state index contributed by atoms with van der Waals surface area (Å²) in [5.74, 6) is 1.69. The maximum Gasteiger partial charge on any atom is 0.192 e. The average Bonchev–Trinajstić information content (AvgIpc) is 3.24. The fourth-order valence-electron chi connectivity index (χ4n) is 2.36. The van der Waals surface area contributed by atoms with Crippen LogP contribution in [0.15, 0.2) is 42.1 Å². The molecule has 3 rings (SSSR count). The molecule has 0 amide bonds. The minimum absolute atomic E-state index is 0.235. The molecule has 21 heavy (non-hydrogen) atoms. The fourth-order valence-corrected chi connectivity index (χ4v) is 3.75. The number of rotatable bonds is 6. The third kappa shape index (κ3) is 3.16. The first-order valence-corrected chi connectivity index (χ1v) is 8.41. The lowest BCUT2D eigenvalue weighted by Crippen LogP contribution is -2.03. The number of thioether (sulfide) groups is 1. The van der Waals surface area contributed by atoms with Gasteiger partial charge in [0.15, 0.2) is 5.16 Å². The summed E-state index contributed by atoms with van der Waals surface area (Å²) in [4.78, 5) is 0. The summed E-state index contributed by atoms with van der Waals surface area (Å²) >= 11 is 7.98. The second-order valence-corrected chi connectivity index (χ2v) is 7.01. The molecule has 110 valence electrons. The molecule has 2 aromatic rings. The summed E-state index contributed by atoms with van der Waals surface area (Å²) in [6, 6.07) is 7.96. The van der Waals surface area contributed by atoms with Crippen molar-refractivity contribution in [2.24, 2.45) is 0 Å². The van der Waals surface area contributed by atoms with Crippen LogP contribution >= 0.6 is 23.4 Å². The molecule has 1 aliphatic rings. The van der Waals surface area contributed by atoms with Crippen molar-refractivity contribution >= 4 is 23.4 Å². The van der Waals surface area contributed by atoms with Gasteiger partial charge in [-0.2, -0.15) is 0 Å². The normalized spacial score (nSPS) is 15.9. The smallest absolute Gasteiger partial charge is 0.192 e. The Morgan fingerprint density at radius 1 is 1.43 bits per heavy atom. The molecule has 1 aromatic carbocycles. The summed E-state index contributed by atoms with van der Waals surface area (Å²) < 4.78 is 2.18. The molecule has 3 nitrogen and oxygen atoms in total. The van der Waals surface area contributed by atoms with Crippen LogP contribution in [0.2, 0.25) is 5.02 Å². The Morgan fingerprint density at radius 3 is 2.86 bits per heavy atom. The molecular formula is C16H18ClN3S. The van der Waals surface area contributed by atoms with Crippen LogP contribution in [0, 0.1) is 0 Å². The van der Waals surface area contributed by atoms with Gasteiger partial charge in [-0.15, -0.1) is 16.8 Å². The van der Waals surface area contributed by atoms with Crippen molar-refractivity contribution in [1.29, 1.82) is 0 Å². The van der Waals surface area contributed by atoms with E-state index in [0.29, 0.717) is 5.92 Å². The first-order chi connectivity index (χ1) is 10.2. The Balaban J connectivity index is 1.84. The molecule has 0 bridgehead atoms. The Kier molecular flexibility index (Phi) is 4.36. The number of hydrogen-bond acceptors (Lipinski definition) is 3. The van der Waals surface area contributed by atoms with E-state index in [2.05, 4.69) is 34.3 Å². The zero-order chi connectivity index (χ0) is 14.8. The molecule has 0 saturated heterocycles. The number of benzene rings is 1. The van der Waals surface area contributed by atoms with Crippen LogP contribution in [0.25, 0.3) is 0 Å². The quantitative estimate of drug-likeness (QED) is 0.563. The molecule has 1 aromatic heterocycles. The highest BCUT2D eigenvalue weighted by Gasteiger charge is 2.30. The van der Waals surface area contributed by atoms with E-state index in [1.807, 2.05) is 24.3 Å². The van der Waals surface area contributed by atoms with E-state index >= 15 is 0 Å². The molecule has 1 atom stereocenters. The van der Waals surface area contributed by atoms with Crippen molar-refractivity contribution in [2.45, 2.75) is 42.6 Å². The molecule has 0 radical (unpaired) electrons. The fraction of sp³-hybridized carbons (Fsp3) is 0.375. The van der Waals surface area contributed by atoms with Gasteiger partial charge in [-0.25, -0.2) is 0 Å². The van der Waals surface area contributed by atoms with Crippen LogP contribution in [-0.2, 0) is 6.54 Å². The van der Waals surface area contributed by atoms with Crippen LogP contribution in [0.1, 0.15) is 42.3 Å². The predicted octanol–water partition coefficient (Wildman–Crippen LogP) is 4.85. The number of halogens is 1. The van der Waals surface area contributed by atoms with Crippen molar-refractivity contribution in [3.8, 4) is 0 Å². The second-order valence-electron chi connectivity index (χ2n) is 5.30. The van der Waals surface area contributed by atoms with Crippen molar-refractivity contribution in [1.82, 2.24) is 14.8 Å². The van der Waals surface area contributed by atoms with E-state index in [1.54, 1.807) is 11.8 Å². The van der Waals surface area contributed by atoms with Crippen molar-refractivity contribution < 1.29 is 0 Å². The Morgan fingerprint density at radius 2 is 2.19 bits per heavy atom. The predicted molar refractivity (Wildman–Crippen MR) is 87.9 cm³/mol. The van der Waals surface area contributed by atoms with Gasteiger partial charge >= 0.3 is 0 Å². The maximum atomic E-state index is 6.28. The first kappa shape index (κ1) is 14.7. The van der Waals surface area contributed by atoms with Crippen LogP contribution in [-0.4, -0.2) is 14.8 Å². The number of nitrogens with zero attached hydrogens (tertiary/aromatic N) is 3. The van der Waals surface area contributed by atoms with E-state index in [9.17, 15) is 0 Å². The lowest BCUT2D eigenvalue weighted by molar-refractivity contribution is 0.680. The molecule has 5 heteroatoms. The van der Waals surface area contributed by atoms with Gasteiger partial charge < -0.3 is 4.57 Å². The van der Waals surface area contributed by atoms with E-state index < -0.39 is 0 Å². The lowest BCUT2D eigenvalue weighted by Gasteiger charge is -2.13. The Bertz CT molecular complexity index is 649. The van der Waals surface area contributed by atoms with Gasteiger partial charge in [0.25, 0.3) is 0 Å². The molecule has 0 spiro atoms. The average molecular weight is 320 g/mol. The zero-order valence-electron chi connectivity index (χ0n) is 12.0. The van der Waals surface area contributed by atoms with Gasteiger partial charge in [0.2, 0.25) is 0 Å². The van der Waals surface area contributed by atoms with Gasteiger partial charge in [-0.05, 0) is 31.4 Å². The second kappa shape index (κ2) is 6.24. The first-order valence-electron chi connectivity index (χ1n) is 7.15. The summed E-state index contributed by atoms with van der Waals surface area (Å²) in [7, 11) is 0. The minimum Gasteiger partial charge on any atom is -0.302 e. The Hall–Kier alpha value is -1.26. The Labute approximate surface area is 134 Å². The summed E-state index contributed by atoms with van der Waals surface area (Å²) in [6.07, 6.45) is 4.35. The highest BCUT2D eigenvalue weighted by molar-refractivity contribution is 7.99. The minimum atomic E-state index is 0.235. The summed E-state index contributed by atoms with van der Waals surface area (Å²) in [6.45, 7) is 6.75. The molecule has 1 unspecified atom stereocenters. The summed E-state index contributed by atoms with van der Waals surface area (Å²) in [5, 5.41) is 10.7. The van der Waals surface area contributed by atoms with E-state index in [-0.39, 0.29) is 5.25 Å². The largest absolute Gasteiger partial charge is 0.302 e. The van der Waals surface area contributed by atoms with Gasteiger partial charge in [0.05, 0.1) is 0 Å². The number of aromatic nitrogens is 3. The highest BCUT2D eigenvalue weighted by atomic mass is 35.5. The lowest BCUT2D eigenvalue weighted by atomic mass is 10.2. The van der Waals surface area contributed by atoms with Crippen LogP contribution in [0.5, 0.6) is 0 Å². The van der Waals surface area contributed by atoms with Gasteiger partial charge in [0, 0.05) is 22.7 Å². The van der Waals surface area contributed by atoms with Crippen molar-refractivity contribution in [3.05, 3.63) is 53.3 Å². The van der Waals surface area contributed by atoms with Crippen LogP contribution in [0.4, 0.5) is 0 Å². The third-order valence-electron chi connectivity index (χ3n) is 3.63. The van der Waals surface area contributed by atoms with Gasteiger partial charge in [0.1, 0.15) is 5.82 Å². The molecule has 0 N–H and O–H groups in total. The molecular weight excluding hydrogens is 302 g/mol. The third-order valence-corrected chi connectivity index (χ3v) is 5.09. The molecule has 1 heterocycles. The van der Waals surface area contributed by atoms with Gasteiger partial charge in [-0.1, -0.05) is 47.6 Å². The topological polar surface area (TPSA) is 30.7 Å². The van der Waals surface area contributed by atoms with E-state index in [4.69, 9.17) is 11.6 Å². The summed E-state index contributed by atoms with van der Waals surface area (Å²) in [5.41, 5.74) is 1.13. The van der Waals surface area contributed by atoms with E-state index in [1.165, 1.54) is 12.8 Å². The van der Waals surface area contributed by atoms with Crippen LogP contribution < -0.4 is 0 Å². The SMILES string of the molecule is C=CCn1c(SC(C)c2ccccc2Cl)nnc1C1CC1. The van der Waals surface area contributed by atoms with E-state index in [0.717, 1.165) is 28.1 Å². The monoisotopic (exact) mass is 319 g/mol. The standard InChI is InChI=1S/C16H18ClN3S/c1-3-10-20-15(12-8-9-12)18-19-16(20)21-11(2)13-6-4-5-7-14(13)17/h3-7,11-12H,1,8-10H2,2H3. The molecule has 1 aliphatic carbocycles. The van der Waals surface area contributed by atoms with Crippen LogP contribution in [0.3, 0.4) is 0 Å².